The van der Waals surface area contributed by atoms with Gasteiger partial charge in [0.1, 0.15) is 0 Å². The summed E-state index contributed by atoms with van der Waals surface area (Å²) in [6.45, 7) is 2.02. The second kappa shape index (κ2) is 4.81. The van der Waals surface area contributed by atoms with E-state index in [0.29, 0.717) is 0 Å². The van der Waals surface area contributed by atoms with Crippen molar-refractivity contribution >= 4 is 10.4 Å². The van der Waals surface area contributed by atoms with Gasteiger partial charge in [0.15, 0.2) is 0 Å². The topological polar surface area (TPSA) is 87.5 Å². The molecule has 0 aliphatic rings. The lowest BCUT2D eigenvalue weighted by Gasteiger charge is -1.82. The van der Waals surface area contributed by atoms with Crippen LogP contribution in [0.4, 0.5) is 0 Å². The predicted molar refractivity (Wildman–Crippen MR) is 43.2 cm³/mol. The molecule has 0 aliphatic heterocycles. The molecule has 0 fully saturated rings. The van der Waals surface area contributed by atoms with Gasteiger partial charge in [0.2, 0.25) is 0 Å². The van der Waals surface area contributed by atoms with Gasteiger partial charge in [-0.3, -0.25) is 14.1 Å². The molecule has 1 rings (SSSR count). The van der Waals surface area contributed by atoms with Gasteiger partial charge in [-0.25, -0.2) is 0 Å². The number of nitrogens with zero attached hydrogens (tertiary/aromatic N) is 1. The van der Waals surface area contributed by atoms with Gasteiger partial charge >= 0.3 is 10.4 Å². The van der Waals surface area contributed by atoms with Crippen LogP contribution < -0.4 is 0 Å². The minimum Gasteiger partial charge on any atom is -0.264 e. The van der Waals surface area contributed by atoms with Crippen molar-refractivity contribution in [3.05, 3.63) is 30.1 Å². The molecule has 68 valence electrons. The van der Waals surface area contributed by atoms with Crippen LogP contribution in [0.25, 0.3) is 0 Å². The maximum atomic E-state index is 8.74. The van der Waals surface area contributed by atoms with Crippen LogP contribution in [0.2, 0.25) is 0 Å². The Hall–Kier alpha value is -0.980. The Morgan fingerprint density at radius 1 is 1.42 bits per heavy atom. The fourth-order valence-corrected chi connectivity index (χ4v) is 0.448. The second-order valence-corrected chi connectivity index (χ2v) is 2.87. The number of rotatable bonds is 0. The highest BCUT2D eigenvalue weighted by molar-refractivity contribution is 7.79. The highest BCUT2D eigenvalue weighted by Crippen LogP contribution is 1.88. The lowest BCUT2D eigenvalue weighted by atomic mass is 10.3. The highest BCUT2D eigenvalue weighted by Gasteiger charge is 1.84. The fraction of sp³-hybridized carbons (Fsp3) is 0.167. The summed E-state index contributed by atoms with van der Waals surface area (Å²) in [6, 6.07) is 3.95. The van der Waals surface area contributed by atoms with Gasteiger partial charge in [0, 0.05) is 12.4 Å². The van der Waals surface area contributed by atoms with Crippen LogP contribution in [-0.2, 0) is 10.4 Å². The molecule has 1 aromatic heterocycles. The van der Waals surface area contributed by atoms with Gasteiger partial charge in [-0.05, 0) is 18.6 Å². The number of hydrogen-bond acceptors (Lipinski definition) is 3. The molecule has 0 bridgehead atoms. The fourth-order valence-electron chi connectivity index (χ4n) is 0.448. The van der Waals surface area contributed by atoms with Crippen LogP contribution in [0, 0.1) is 6.92 Å². The summed E-state index contributed by atoms with van der Waals surface area (Å²) in [7, 11) is -4.67. The molecule has 2 N–H and O–H groups in total. The molecule has 0 spiro atoms. The lowest BCUT2D eigenvalue weighted by molar-refractivity contribution is 0.381. The van der Waals surface area contributed by atoms with E-state index in [1.165, 1.54) is 5.56 Å². The van der Waals surface area contributed by atoms with Gasteiger partial charge in [-0.2, -0.15) is 8.42 Å². The summed E-state index contributed by atoms with van der Waals surface area (Å²) < 4.78 is 31.6. The first-order valence-electron chi connectivity index (χ1n) is 2.96. The van der Waals surface area contributed by atoms with Crippen LogP contribution in [-0.4, -0.2) is 22.5 Å². The summed E-state index contributed by atoms with van der Waals surface area (Å²) in [5, 5.41) is 0. The zero-order chi connectivity index (χ0) is 9.61. The second-order valence-electron chi connectivity index (χ2n) is 1.98. The van der Waals surface area contributed by atoms with E-state index in [2.05, 4.69) is 4.98 Å². The average molecular weight is 191 g/mol. The van der Waals surface area contributed by atoms with Gasteiger partial charge in [-0.1, -0.05) is 6.07 Å². The Labute approximate surface area is 70.7 Å². The summed E-state index contributed by atoms with van der Waals surface area (Å²) in [5.41, 5.74) is 1.21. The van der Waals surface area contributed by atoms with Gasteiger partial charge in [0.05, 0.1) is 0 Å². The van der Waals surface area contributed by atoms with Crippen LogP contribution in [0.15, 0.2) is 24.5 Å². The molecule has 0 atom stereocenters. The van der Waals surface area contributed by atoms with Gasteiger partial charge in [-0.15, -0.1) is 0 Å². The first-order valence-corrected chi connectivity index (χ1v) is 4.36. The largest absolute Gasteiger partial charge is 0.394 e. The first kappa shape index (κ1) is 11.0. The van der Waals surface area contributed by atoms with Crippen molar-refractivity contribution in [1.82, 2.24) is 4.98 Å². The number of hydrogen-bond donors (Lipinski definition) is 2. The molecular formula is C6H9NO4S. The number of aryl methyl sites for hydroxylation is 1. The molecule has 6 heteroatoms. The van der Waals surface area contributed by atoms with Gasteiger partial charge in [0.25, 0.3) is 0 Å². The Bertz CT molecular complexity index is 300. The quantitative estimate of drug-likeness (QED) is 0.590. The van der Waals surface area contributed by atoms with Crippen molar-refractivity contribution in [1.29, 1.82) is 0 Å². The summed E-state index contributed by atoms with van der Waals surface area (Å²) in [5.74, 6) is 0. The zero-order valence-electron chi connectivity index (χ0n) is 6.38. The maximum absolute atomic E-state index is 8.74. The Morgan fingerprint density at radius 2 is 1.92 bits per heavy atom. The van der Waals surface area contributed by atoms with Crippen molar-refractivity contribution in [2.45, 2.75) is 6.92 Å². The minimum atomic E-state index is -4.67. The third-order valence-corrected chi connectivity index (χ3v) is 0.809. The SMILES string of the molecule is Cc1cccnc1.O=S(=O)(O)O. The van der Waals surface area contributed by atoms with E-state index in [9.17, 15) is 0 Å². The smallest absolute Gasteiger partial charge is 0.264 e. The summed E-state index contributed by atoms with van der Waals surface area (Å²) >= 11 is 0. The van der Waals surface area contributed by atoms with Crippen molar-refractivity contribution in [3.8, 4) is 0 Å². The van der Waals surface area contributed by atoms with Crippen molar-refractivity contribution in [2.75, 3.05) is 0 Å². The zero-order valence-corrected chi connectivity index (χ0v) is 7.19. The van der Waals surface area contributed by atoms with E-state index >= 15 is 0 Å². The molecule has 0 aliphatic carbocycles. The molecule has 0 amide bonds. The molecule has 12 heavy (non-hydrogen) atoms. The predicted octanol–water partition coefficient (Wildman–Crippen LogP) is 0.737. The average Bonchev–Trinajstić information content (AvgIpc) is 1.85. The Kier molecular flexibility index (Phi) is 4.42. The standard InChI is InChI=1S/C6H7N.H2O4S/c1-6-3-2-4-7-5-6;1-5(2,3)4/h2-5H,1H3;(H2,1,2,3,4). The van der Waals surface area contributed by atoms with E-state index in [1.807, 2.05) is 25.3 Å². The monoisotopic (exact) mass is 191 g/mol. The maximum Gasteiger partial charge on any atom is 0.394 e. The normalized spacial score (nSPS) is 9.92. The van der Waals surface area contributed by atoms with Crippen LogP contribution in [0.5, 0.6) is 0 Å². The molecule has 1 heterocycles. The van der Waals surface area contributed by atoms with Crippen LogP contribution >= 0.6 is 0 Å². The third-order valence-electron chi connectivity index (χ3n) is 0.809. The van der Waals surface area contributed by atoms with E-state index in [1.54, 1.807) is 6.20 Å². The van der Waals surface area contributed by atoms with E-state index < -0.39 is 10.4 Å². The van der Waals surface area contributed by atoms with Crippen LogP contribution in [0.1, 0.15) is 5.56 Å². The minimum absolute atomic E-state index is 1.21. The number of pyridine rings is 1. The van der Waals surface area contributed by atoms with Crippen LogP contribution in [0.3, 0.4) is 0 Å². The lowest BCUT2D eigenvalue weighted by Crippen LogP contribution is -1.89. The van der Waals surface area contributed by atoms with Crippen molar-refractivity contribution < 1.29 is 17.5 Å². The van der Waals surface area contributed by atoms with E-state index in [-0.39, 0.29) is 0 Å². The Balaban J connectivity index is 0.000000217. The van der Waals surface area contributed by atoms with Gasteiger partial charge < -0.3 is 0 Å². The molecule has 0 unspecified atom stereocenters. The summed E-state index contributed by atoms with van der Waals surface area (Å²) in [6.07, 6.45) is 3.60. The first-order chi connectivity index (χ1) is 5.39. The van der Waals surface area contributed by atoms with E-state index in [4.69, 9.17) is 17.5 Å². The summed E-state index contributed by atoms with van der Waals surface area (Å²) in [4.78, 5) is 3.88. The highest BCUT2D eigenvalue weighted by atomic mass is 32.3. The molecule has 5 nitrogen and oxygen atoms in total. The molecule has 1 aromatic rings. The number of aromatic nitrogens is 1. The Morgan fingerprint density at radius 3 is 2.08 bits per heavy atom. The molecule has 0 aromatic carbocycles. The van der Waals surface area contributed by atoms with Crippen molar-refractivity contribution in [3.63, 3.8) is 0 Å². The van der Waals surface area contributed by atoms with E-state index in [0.717, 1.165) is 0 Å². The molecule has 0 radical (unpaired) electrons. The molecule has 0 saturated heterocycles. The molecule has 0 saturated carbocycles. The van der Waals surface area contributed by atoms with Crippen molar-refractivity contribution in [2.24, 2.45) is 0 Å². The molecular weight excluding hydrogens is 182 g/mol. The third kappa shape index (κ3) is 11.8.